The molecule has 5 heterocycles. The molecule has 0 spiro atoms. The number of aromatic nitrogens is 9. The maximum absolute atomic E-state index is 14.4. The molecule has 8 atom stereocenters. The Labute approximate surface area is 635 Å². The van der Waals surface area contributed by atoms with Crippen LogP contribution in [0.15, 0.2) is 108 Å². The lowest BCUT2D eigenvalue weighted by atomic mass is 9.68. The quantitative estimate of drug-likeness (QED) is 0.0553. The largest absolute Gasteiger partial charge is 0.523 e. The molecule has 0 radical (unpaired) electrons. The van der Waals surface area contributed by atoms with Crippen LogP contribution in [-0.2, 0) is 36.0 Å². The van der Waals surface area contributed by atoms with Crippen LogP contribution in [0.4, 0.5) is 48.3 Å². The summed E-state index contributed by atoms with van der Waals surface area (Å²) in [5.74, 6) is -4.88. The predicted octanol–water partition coefficient (Wildman–Crippen LogP) is 17.2. The van der Waals surface area contributed by atoms with Crippen LogP contribution < -0.4 is 5.32 Å². The van der Waals surface area contributed by atoms with Crippen LogP contribution in [0.25, 0.3) is 45.0 Å². The van der Waals surface area contributed by atoms with E-state index in [9.17, 15) is 66.6 Å². The molecule has 586 valence electrons. The Bertz CT molecular complexity index is 5230. The Morgan fingerprint density at radius 1 is 0.505 bits per heavy atom. The number of likely N-dealkylation sites (N-methyl/N-ethyl adjacent to an activating group) is 2. The molecule has 29 heteroatoms. The highest BCUT2D eigenvalue weighted by molar-refractivity contribution is 7.87. The number of carbonyl (C=O) groups is 1. The molecule has 17 nitrogen and oxygen atoms in total. The van der Waals surface area contributed by atoms with Gasteiger partial charge in [-0.05, 0) is 212 Å². The second kappa shape index (κ2) is 27.9. The molecule has 0 unspecified atom stereocenters. The second-order valence-electron chi connectivity index (χ2n) is 32.9. The summed E-state index contributed by atoms with van der Waals surface area (Å²) in [6, 6.07) is 23.4. The maximum Gasteiger partial charge on any atom is 0.523 e. The molecule has 0 aliphatic heterocycles. The number of carbonyl (C=O) groups excluding carboxylic acids is 1. The number of aliphatic hydroxyl groups excluding tert-OH is 1. The Morgan fingerprint density at radius 3 is 1.16 bits per heavy atom. The molecule has 5 aromatic heterocycles. The molecule has 4 fully saturated rings. The summed E-state index contributed by atoms with van der Waals surface area (Å²) < 4.78 is 184. The molecule has 8 aliphatic carbocycles. The van der Waals surface area contributed by atoms with E-state index in [0.29, 0.717) is 48.8 Å². The smallest absolute Gasteiger partial charge is 0.395 e. The van der Waals surface area contributed by atoms with Crippen LogP contribution in [0.3, 0.4) is 0 Å². The van der Waals surface area contributed by atoms with E-state index in [1.54, 1.807) is 43.9 Å². The first-order valence-electron chi connectivity index (χ1n) is 37.2. The molecular weight excluding hydrogens is 1480 g/mol. The Morgan fingerprint density at radius 2 is 0.820 bits per heavy atom. The van der Waals surface area contributed by atoms with Crippen LogP contribution in [0, 0.1) is 75.1 Å². The van der Waals surface area contributed by atoms with Crippen molar-refractivity contribution >= 4 is 16.0 Å². The highest BCUT2D eigenvalue weighted by Crippen LogP contribution is 2.71. The van der Waals surface area contributed by atoms with Crippen molar-refractivity contribution in [3.8, 4) is 45.0 Å². The first-order valence-corrected chi connectivity index (χ1v) is 38.6. The third kappa shape index (κ3) is 12.0. The minimum absolute atomic E-state index is 0.0194. The normalized spacial score (nSPS) is 24.9. The van der Waals surface area contributed by atoms with Gasteiger partial charge in [0, 0.05) is 47.4 Å². The number of halogens is 11. The fourth-order valence-electron chi connectivity index (χ4n) is 20.4. The van der Waals surface area contributed by atoms with Crippen molar-refractivity contribution in [1.29, 1.82) is 0 Å². The van der Waals surface area contributed by atoms with Crippen LogP contribution in [-0.4, -0.2) is 115 Å². The van der Waals surface area contributed by atoms with Gasteiger partial charge in [0.25, 0.3) is 5.91 Å². The first-order chi connectivity index (χ1) is 52.3. The molecule has 0 saturated heterocycles. The molecule has 2 N–H and O–H groups in total. The van der Waals surface area contributed by atoms with E-state index < -0.39 is 90.4 Å². The van der Waals surface area contributed by atoms with Crippen molar-refractivity contribution in [2.45, 2.75) is 178 Å². The molecule has 8 aliphatic rings. The fourth-order valence-corrected chi connectivity index (χ4v) is 20.9. The minimum atomic E-state index is -5.78. The van der Waals surface area contributed by atoms with Gasteiger partial charge in [0.05, 0.1) is 86.7 Å². The molecule has 4 aromatic carbocycles. The minimum Gasteiger partial charge on any atom is -0.395 e. The van der Waals surface area contributed by atoms with Gasteiger partial charge in [0.2, 0.25) is 5.76 Å². The van der Waals surface area contributed by atoms with Gasteiger partial charge in [-0.15, -0.1) is 0 Å². The summed E-state index contributed by atoms with van der Waals surface area (Å²) in [5.41, 5.74) is -1.33. The van der Waals surface area contributed by atoms with Gasteiger partial charge in [0.15, 0.2) is 0 Å². The van der Waals surface area contributed by atoms with E-state index in [4.69, 9.17) is 4.52 Å². The van der Waals surface area contributed by atoms with Gasteiger partial charge in [-0.25, -0.2) is 35.1 Å². The van der Waals surface area contributed by atoms with Gasteiger partial charge in [-0.2, -0.15) is 62.4 Å². The highest BCUT2D eigenvalue weighted by atomic mass is 32.2. The van der Waals surface area contributed by atoms with Crippen LogP contribution in [0.1, 0.15) is 206 Å². The number of nitrogens with zero attached hydrogens (tertiary/aromatic N) is 10. The SMILES string of the molecule is CC1(C)[C@H]2CC[C@]1(CO)c1nnc(-c3c(F)cccc3F)cc12.CC1(C)[C@H]2CC[C@]1(COS(=O)(=O)C(F)(F)F)c1nnc(-c3c(F)cccc3F)cc12.CCN(C[C@@]12CC[C@@H](c3cc(-c4c(F)cccc4F)nnc31)C2(C)C)C(=O)c1cc(C)no1.CCNC[C@@]12CC[C@@H](c3cc(-c4c(F)cccc4F)nnc31)C2(C)C. The van der Waals surface area contributed by atoms with Crippen molar-refractivity contribution in [3.63, 3.8) is 0 Å². The lowest BCUT2D eigenvalue weighted by Crippen LogP contribution is -2.48. The Hall–Kier alpha value is -9.06. The number of aliphatic hydroxyl groups is 1. The molecule has 111 heavy (non-hydrogen) atoms. The van der Waals surface area contributed by atoms with Crippen molar-refractivity contribution in [1.82, 2.24) is 56.2 Å². The molecular formula is C82H84F11N11O6S. The lowest BCUT2D eigenvalue weighted by molar-refractivity contribution is -0.0566. The van der Waals surface area contributed by atoms with Gasteiger partial charge >= 0.3 is 15.6 Å². The van der Waals surface area contributed by atoms with E-state index in [0.717, 1.165) is 97.5 Å². The number of alkyl halides is 3. The predicted molar refractivity (Wildman–Crippen MR) is 389 cm³/mol. The third-order valence-corrected chi connectivity index (χ3v) is 28.0. The van der Waals surface area contributed by atoms with Gasteiger partial charge in [0.1, 0.15) is 46.5 Å². The number of hydrogen-bond donors (Lipinski definition) is 2. The molecule has 1 amide bonds. The van der Waals surface area contributed by atoms with Gasteiger partial charge < -0.3 is 19.8 Å². The van der Waals surface area contributed by atoms with Crippen LogP contribution in [0.5, 0.6) is 0 Å². The third-order valence-electron chi connectivity index (χ3n) is 27.0. The second-order valence-corrected chi connectivity index (χ2v) is 34.5. The summed E-state index contributed by atoms with van der Waals surface area (Å²) in [6.07, 6.45) is 6.65. The maximum atomic E-state index is 14.4. The average Bonchev–Trinajstić information content (AvgIpc) is 1.55. The number of rotatable bonds is 15. The molecule has 8 bridgehead atoms. The van der Waals surface area contributed by atoms with E-state index in [2.05, 4.69) is 104 Å². The van der Waals surface area contributed by atoms with E-state index in [1.165, 1.54) is 66.7 Å². The Balaban J connectivity index is 0.000000124. The number of hydrogen-bond acceptors (Lipinski definition) is 16. The number of aryl methyl sites for hydroxylation is 1. The van der Waals surface area contributed by atoms with Crippen molar-refractivity contribution < 1.29 is 75.3 Å². The topological polar surface area (TPSA) is 225 Å². The molecule has 4 saturated carbocycles. The number of benzene rings is 4. The first kappa shape index (κ1) is 78.6. The zero-order chi connectivity index (χ0) is 79.9. The van der Waals surface area contributed by atoms with Crippen LogP contribution >= 0.6 is 0 Å². The summed E-state index contributed by atoms with van der Waals surface area (Å²) in [5, 5.41) is 51.2. The summed E-state index contributed by atoms with van der Waals surface area (Å²) in [4.78, 5) is 14.9. The van der Waals surface area contributed by atoms with E-state index >= 15 is 0 Å². The summed E-state index contributed by atoms with van der Waals surface area (Å²) in [7, 11) is -5.78. The number of fused-ring (bicyclic) bond motifs is 20. The molecule has 17 rings (SSSR count). The monoisotopic (exact) mass is 1560 g/mol. The zero-order valence-corrected chi connectivity index (χ0v) is 63.9. The zero-order valence-electron chi connectivity index (χ0n) is 63.1. The van der Waals surface area contributed by atoms with Gasteiger partial charge in [-0.3, -0.25) is 8.98 Å². The molecule has 9 aromatic rings. The number of amides is 1. The van der Waals surface area contributed by atoms with Crippen molar-refractivity contribution in [3.05, 3.63) is 206 Å². The van der Waals surface area contributed by atoms with Crippen molar-refractivity contribution in [2.75, 3.05) is 39.4 Å². The summed E-state index contributed by atoms with van der Waals surface area (Å²) in [6.45, 7) is 24.6. The average molecular weight is 1560 g/mol. The lowest BCUT2D eigenvalue weighted by Gasteiger charge is -2.41. The standard InChI is InChI=1S/C25H26F2N4O2.C20H23F2N3.C19H17F5N2O3S.C18H18F2N2O/c1-5-31(23(32)20-11-14(2)30-33-20)13-25-10-9-16(24(25,3)4)15-12-19(28-29-22(15)25)21-17(26)7-6-8-18(21)27;1-4-23-11-20-9-8-13(19(20,2)3)12-10-16(24-25-18(12)20)17-14(21)6-5-7-15(17)22;1-17(2)11-6-7-18(17,9-29-30(27,28)19(22,23)24)16-10(11)8-14(25-26-16)15-12(20)4-3-5-13(15)21;1-17(2)11-6-7-18(17,9-23)16-10(11)8-14(21-22-16)15-12(19)4-3-5-13(15)20/h6-8,11-12,16H,5,9-10,13H2,1-4H3;5-7,10,13,23H,4,8-9,11H2,1-3H3;3-5,8,11H,6-7,9H2,1-2H3;3-5,8,11,23H,6-7,9H2,1-2H3/t16-,25-;13-,20-;2*11-,18-/m0000/s1. The van der Waals surface area contributed by atoms with Crippen LogP contribution in [0.2, 0.25) is 0 Å². The number of nitrogens with one attached hydrogen (secondary N) is 1. The van der Waals surface area contributed by atoms with E-state index in [1.807, 2.05) is 13.0 Å². The van der Waals surface area contributed by atoms with Crippen molar-refractivity contribution in [2.24, 2.45) is 21.7 Å². The highest BCUT2D eigenvalue weighted by Gasteiger charge is 2.68. The summed E-state index contributed by atoms with van der Waals surface area (Å²) >= 11 is 0. The fraction of sp³-hybridized carbons (Fsp3) is 0.463. The Kier molecular flexibility index (Phi) is 19.8. The van der Waals surface area contributed by atoms with Gasteiger partial charge in [-0.1, -0.05) is 91.7 Å². The van der Waals surface area contributed by atoms with E-state index in [-0.39, 0.29) is 103 Å².